The van der Waals surface area contributed by atoms with E-state index in [2.05, 4.69) is 5.32 Å². The summed E-state index contributed by atoms with van der Waals surface area (Å²) in [5, 5.41) is 2.61. The van der Waals surface area contributed by atoms with E-state index in [4.69, 9.17) is 0 Å². The molecular formula is C10H17F5N2. The van der Waals surface area contributed by atoms with Crippen molar-refractivity contribution in [2.24, 2.45) is 5.92 Å². The van der Waals surface area contributed by atoms with Gasteiger partial charge in [-0.2, -0.15) is 13.2 Å². The van der Waals surface area contributed by atoms with Crippen LogP contribution in [0.1, 0.15) is 12.8 Å². The van der Waals surface area contributed by atoms with Crippen molar-refractivity contribution in [2.45, 2.75) is 31.5 Å². The van der Waals surface area contributed by atoms with Crippen molar-refractivity contribution in [1.29, 1.82) is 0 Å². The molecule has 1 N–H and O–H groups in total. The number of rotatable bonds is 4. The first-order chi connectivity index (χ1) is 7.76. The van der Waals surface area contributed by atoms with Crippen molar-refractivity contribution < 1.29 is 22.0 Å². The lowest BCUT2D eigenvalue weighted by Crippen LogP contribution is -2.49. The molecule has 2 atom stereocenters. The SMILES string of the molecule is CN1CC(CC(F)(F)F)CC(NCC(F)F)C1. The Morgan fingerprint density at radius 1 is 1.29 bits per heavy atom. The summed E-state index contributed by atoms with van der Waals surface area (Å²) in [6.07, 6.45) is -7.19. The summed E-state index contributed by atoms with van der Waals surface area (Å²) < 4.78 is 60.7. The minimum absolute atomic E-state index is 0.282. The van der Waals surface area contributed by atoms with Gasteiger partial charge in [0.05, 0.1) is 6.54 Å². The van der Waals surface area contributed by atoms with Gasteiger partial charge in [0.25, 0.3) is 6.43 Å². The Morgan fingerprint density at radius 3 is 2.47 bits per heavy atom. The van der Waals surface area contributed by atoms with Crippen LogP contribution in [-0.4, -0.2) is 50.2 Å². The molecule has 17 heavy (non-hydrogen) atoms. The Hall–Kier alpha value is -0.430. The van der Waals surface area contributed by atoms with Gasteiger partial charge in [-0.25, -0.2) is 8.78 Å². The van der Waals surface area contributed by atoms with Gasteiger partial charge in [-0.05, 0) is 19.4 Å². The first kappa shape index (κ1) is 14.6. The first-order valence-corrected chi connectivity index (χ1v) is 5.53. The van der Waals surface area contributed by atoms with Crippen molar-refractivity contribution in [3.05, 3.63) is 0 Å². The van der Waals surface area contributed by atoms with Crippen LogP contribution in [0.4, 0.5) is 22.0 Å². The van der Waals surface area contributed by atoms with Gasteiger partial charge in [0.1, 0.15) is 0 Å². The summed E-state index contributed by atoms with van der Waals surface area (Å²) in [6.45, 7) is 0.421. The standard InChI is InChI=1S/C10H17F5N2/c1-17-5-7(3-10(13,14)15)2-8(6-17)16-4-9(11)12/h7-9,16H,2-6H2,1H3. The average Bonchev–Trinajstić information content (AvgIpc) is 2.10. The van der Waals surface area contributed by atoms with Crippen molar-refractivity contribution >= 4 is 0 Å². The molecule has 1 fully saturated rings. The average molecular weight is 260 g/mol. The van der Waals surface area contributed by atoms with Gasteiger partial charge in [-0.3, -0.25) is 0 Å². The molecule has 2 nitrogen and oxygen atoms in total. The molecule has 0 spiro atoms. The van der Waals surface area contributed by atoms with Crippen molar-refractivity contribution in [2.75, 3.05) is 26.7 Å². The van der Waals surface area contributed by atoms with E-state index in [0.29, 0.717) is 19.5 Å². The van der Waals surface area contributed by atoms with Gasteiger partial charge in [0.2, 0.25) is 0 Å². The quantitative estimate of drug-likeness (QED) is 0.779. The third-order valence-corrected chi connectivity index (χ3v) is 2.80. The maximum atomic E-state index is 12.2. The number of nitrogens with one attached hydrogen (secondary N) is 1. The fourth-order valence-corrected chi connectivity index (χ4v) is 2.32. The summed E-state index contributed by atoms with van der Waals surface area (Å²) >= 11 is 0. The van der Waals surface area contributed by atoms with Gasteiger partial charge >= 0.3 is 6.18 Å². The van der Waals surface area contributed by atoms with Crippen LogP contribution in [0.2, 0.25) is 0 Å². The van der Waals surface area contributed by atoms with E-state index in [-0.39, 0.29) is 6.04 Å². The monoisotopic (exact) mass is 260 g/mol. The van der Waals surface area contributed by atoms with Crippen LogP contribution in [0.15, 0.2) is 0 Å². The maximum absolute atomic E-state index is 12.2. The predicted molar refractivity (Wildman–Crippen MR) is 54.1 cm³/mol. The fraction of sp³-hybridized carbons (Fsp3) is 1.00. The molecule has 1 aliphatic rings. The Labute approximate surface area is 97.2 Å². The summed E-state index contributed by atoms with van der Waals surface area (Å²) in [6, 6.07) is -0.282. The molecule has 0 aromatic carbocycles. The number of hydrogen-bond acceptors (Lipinski definition) is 2. The molecule has 0 amide bonds. The van der Waals surface area contributed by atoms with E-state index in [1.54, 1.807) is 11.9 Å². The van der Waals surface area contributed by atoms with Crippen molar-refractivity contribution in [1.82, 2.24) is 10.2 Å². The third kappa shape index (κ3) is 6.16. The number of hydrogen-bond donors (Lipinski definition) is 1. The minimum Gasteiger partial charge on any atom is -0.307 e. The van der Waals surface area contributed by atoms with Crippen LogP contribution >= 0.6 is 0 Å². The first-order valence-electron chi connectivity index (χ1n) is 5.53. The van der Waals surface area contributed by atoms with Crippen LogP contribution in [0.3, 0.4) is 0 Å². The van der Waals surface area contributed by atoms with Gasteiger partial charge < -0.3 is 10.2 Å². The Bertz CT molecular complexity index is 231. The third-order valence-electron chi connectivity index (χ3n) is 2.80. The zero-order valence-corrected chi connectivity index (χ0v) is 9.60. The Morgan fingerprint density at radius 2 is 1.94 bits per heavy atom. The summed E-state index contributed by atoms with van der Waals surface area (Å²) in [5.41, 5.74) is 0. The highest BCUT2D eigenvalue weighted by Crippen LogP contribution is 2.29. The Kier molecular flexibility index (Phi) is 5.12. The van der Waals surface area contributed by atoms with E-state index >= 15 is 0 Å². The molecule has 0 radical (unpaired) electrons. The smallest absolute Gasteiger partial charge is 0.307 e. The molecule has 1 heterocycles. The highest BCUT2D eigenvalue weighted by atomic mass is 19.4. The molecular weight excluding hydrogens is 243 g/mol. The Balaban J connectivity index is 2.42. The lowest BCUT2D eigenvalue weighted by Gasteiger charge is -2.36. The van der Waals surface area contributed by atoms with Crippen LogP contribution in [-0.2, 0) is 0 Å². The highest BCUT2D eigenvalue weighted by Gasteiger charge is 2.35. The molecule has 0 saturated carbocycles. The highest BCUT2D eigenvalue weighted by molar-refractivity contribution is 4.83. The van der Waals surface area contributed by atoms with E-state index < -0.39 is 31.5 Å². The predicted octanol–water partition coefficient (Wildman–Crippen LogP) is 2.11. The van der Waals surface area contributed by atoms with E-state index in [1.165, 1.54) is 0 Å². The molecule has 1 saturated heterocycles. The van der Waals surface area contributed by atoms with E-state index in [0.717, 1.165) is 0 Å². The summed E-state index contributed by atoms with van der Waals surface area (Å²) in [4.78, 5) is 1.75. The molecule has 7 heteroatoms. The normalized spacial score (nSPS) is 27.7. The van der Waals surface area contributed by atoms with E-state index in [1.807, 2.05) is 0 Å². The van der Waals surface area contributed by atoms with Crippen LogP contribution < -0.4 is 5.32 Å². The minimum atomic E-state index is -4.18. The molecule has 1 aliphatic heterocycles. The van der Waals surface area contributed by atoms with Gasteiger partial charge in [0.15, 0.2) is 0 Å². The second-order valence-corrected chi connectivity index (χ2v) is 4.64. The van der Waals surface area contributed by atoms with Crippen molar-refractivity contribution in [3.8, 4) is 0 Å². The maximum Gasteiger partial charge on any atom is 0.389 e. The van der Waals surface area contributed by atoms with Gasteiger partial charge in [-0.1, -0.05) is 0 Å². The van der Waals surface area contributed by atoms with E-state index in [9.17, 15) is 22.0 Å². The number of nitrogens with zero attached hydrogens (tertiary/aromatic N) is 1. The summed E-state index contributed by atoms with van der Waals surface area (Å²) in [5.74, 6) is -0.510. The zero-order valence-electron chi connectivity index (χ0n) is 9.60. The van der Waals surface area contributed by atoms with Crippen molar-refractivity contribution in [3.63, 3.8) is 0 Å². The fourth-order valence-electron chi connectivity index (χ4n) is 2.32. The largest absolute Gasteiger partial charge is 0.389 e. The molecule has 2 unspecified atom stereocenters. The lowest BCUT2D eigenvalue weighted by molar-refractivity contribution is -0.148. The van der Waals surface area contributed by atoms with Gasteiger partial charge in [-0.15, -0.1) is 0 Å². The molecule has 1 rings (SSSR count). The lowest BCUT2D eigenvalue weighted by atomic mass is 9.91. The molecule has 102 valence electrons. The van der Waals surface area contributed by atoms with Crippen LogP contribution in [0, 0.1) is 5.92 Å². The second kappa shape index (κ2) is 5.95. The molecule has 0 bridgehead atoms. The number of likely N-dealkylation sites (N-methyl/N-ethyl adjacent to an activating group) is 1. The summed E-state index contributed by atoms with van der Waals surface area (Å²) in [7, 11) is 1.71. The zero-order chi connectivity index (χ0) is 13.1. The molecule has 0 aromatic heterocycles. The number of likely N-dealkylation sites (tertiary alicyclic amines) is 1. The number of alkyl halides is 5. The second-order valence-electron chi connectivity index (χ2n) is 4.64. The number of piperidine rings is 1. The topological polar surface area (TPSA) is 15.3 Å². The van der Waals surface area contributed by atoms with Crippen LogP contribution in [0.25, 0.3) is 0 Å². The molecule has 0 aromatic rings. The number of halogens is 5. The van der Waals surface area contributed by atoms with Crippen LogP contribution in [0.5, 0.6) is 0 Å². The molecule has 0 aliphatic carbocycles. The van der Waals surface area contributed by atoms with Gasteiger partial charge in [0, 0.05) is 25.6 Å².